The van der Waals surface area contributed by atoms with Crippen molar-refractivity contribution >= 4 is 27.5 Å². The second-order valence-electron chi connectivity index (χ2n) is 6.87. The molecule has 1 aliphatic heterocycles. The van der Waals surface area contributed by atoms with E-state index in [4.69, 9.17) is 0 Å². The standard InChI is InChI=1S/C16H25N3O3S2/c1-12-15(11-23-17-12)16(20)18-9-4-7-14(8-10-18)19(24(2,21)22)13-5-3-6-13/h11,13-14H,3-10H2,1-2H3/t14-/m1/s1. The minimum absolute atomic E-state index is 0.0183. The van der Waals surface area contributed by atoms with Gasteiger partial charge in [0.05, 0.1) is 17.5 Å². The van der Waals surface area contributed by atoms with Crippen LogP contribution in [0.2, 0.25) is 0 Å². The number of amides is 1. The number of carbonyl (C=O) groups is 1. The lowest BCUT2D eigenvalue weighted by Gasteiger charge is -2.40. The molecule has 1 saturated carbocycles. The zero-order chi connectivity index (χ0) is 17.3. The fourth-order valence-electron chi connectivity index (χ4n) is 3.69. The van der Waals surface area contributed by atoms with Crippen molar-refractivity contribution in [2.45, 2.75) is 57.5 Å². The van der Waals surface area contributed by atoms with Gasteiger partial charge < -0.3 is 4.90 Å². The lowest BCUT2D eigenvalue weighted by molar-refractivity contribution is 0.0757. The Morgan fingerprint density at radius 2 is 1.88 bits per heavy atom. The van der Waals surface area contributed by atoms with Crippen LogP contribution in [0.25, 0.3) is 0 Å². The molecule has 0 unspecified atom stereocenters. The van der Waals surface area contributed by atoms with E-state index in [0.717, 1.165) is 37.8 Å². The molecule has 6 nitrogen and oxygen atoms in total. The Hall–Kier alpha value is -0.990. The van der Waals surface area contributed by atoms with Gasteiger partial charge >= 0.3 is 0 Å². The van der Waals surface area contributed by atoms with Crippen LogP contribution in [-0.4, -0.2) is 59.3 Å². The summed E-state index contributed by atoms with van der Waals surface area (Å²) in [6, 6.07) is 0.181. The van der Waals surface area contributed by atoms with Crippen LogP contribution in [0, 0.1) is 6.92 Å². The molecule has 2 fully saturated rings. The number of carbonyl (C=O) groups excluding carboxylic acids is 1. The summed E-state index contributed by atoms with van der Waals surface area (Å²) in [6.45, 7) is 3.15. The second-order valence-corrected chi connectivity index (χ2v) is 9.38. The number of nitrogens with zero attached hydrogens (tertiary/aromatic N) is 3. The van der Waals surface area contributed by atoms with Crippen LogP contribution in [0.3, 0.4) is 0 Å². The number of aromatic nitrogens is 1. The zero-order valence-electron chi connectivity index (χ0n) is 14.3. The van der Waals surface area contributed by atoms with Gasteiger partial charge in [-0.15, -0.1) is 0 Å². The highest BCUT2D eigenvalue weighted by molar-refractivity contribution is 7.88. The average Bonchev–Trinajstić information content (AvgIpc) is 2.75. The first-order valence-corrected chi connectivity index (χ1v) is 11.2. The van der Waals surface area contributed by atoms with E-state index < -0.39 is 10.0 Å². The first-order valence-electron chi connectivity index (χ1n) is 8.56. The summed E-state index contributed by atoms with van der Waals surface area (Å²) in [4.78, 5) is 14.5. The summed E-state index contributed by atoms with van der Waals surface area (Å²) in [5.74, 6) is 0.0245. The molecule has 1 aliphatic carbocycles. The minimum Gasteiger partial charge on any atom is -0.339 e. The summed E-state index contributed by atoms with van der Waals surface area (Å²) in [5.41, 5.74) is 1.45. The van der Waals surface area contributed by atoms with Crippen LogP contribution in [0.5, 0.6) is 0 Å². The molecule has 2 aliphatic rings. The first kappa shape index (κ1) is 17.8. The second kappa shape index (κ2) is 7.09. The smallest absolute Gasteiger partial charge is 0.256 e. The van der Waals surface area contributed by atoms with E-state index in [1.807, 2.05) is 11.8 Å². The molecule has 8 heteroatoms. The summed E-state index contributed by atoms with van der Waals surface area (Å²) < 4.78 is 30.4. The molecule has 0 aromatic carbocycles. The van der Waals surface area contributed by atoms with E-state index in [-0.39, 0.29) is 18.0 Å². The van der Waals surface area contributed by atoms with Crippen LogP contribution in [0.15, 0.2) is 5.38 Å². The van der Waals surface area contributed by atoms with Gasteiger partial charge in [0.2, 0.25) is 10.0 Å². The van der Waals surface area contributed by atoms with E-state index >= 15 is 0 Å². The molecule has 1 aromatic rings. The molecule has 0 N–H and O–H groups in total. The van der Waals surface area contributed by atoms with Crippen molar-refractivity contribution in [2.75, 3.05) is 19.3 Å². The summed E-state index contributed by atoms with van der Waals surface area (Å²) in [7, 11) is -3.21. The number of rotatable bonds is 4. The molecule has 1 aromatic heterocycles. The van der Waals surface area contributed by atoms with E-state index in [1.165, 1.54) is 17.8 Å². The third-order valence-electron chi connectivity index (χ3n) is 5.14. The average molecular weight is 372 g/mol. The van der Waals surface area contributed by atoms with Gasteiger partial charge in [0.1, 0.15) is 0 Å². The van der Waals surface area contributed by atoms with Crippen LogP contribution in [0.4, 0.5) is 0 Å². The first-order chi connectivity index (χ1) is 11.4. The van der Waals surface area contributed by atoms with Gasteiger partial charge in [-0.3, -0.25) is 4.79 Å². The maximum absolute atomic E-state index is 12.7. The summed E-state index contributed by atoms with van der Waals surface area (Å²) >= 11 is 1.30. The summed E-state index contributed by atoms with van der Waals surface area (Å²) in [6.07, 6.45) is 6.74. The van der Waals surface area contributed by atoms with E-state index in [0.29, 0.717) is 25.1 Å². The highest BCUT2D eigenvalue weighted by atomic mass is 32.2. The maximum Gasteiger partial charge on any atom is 0.256 e. The molecule has 0 spiro atoms. The van der Waals surface area contributed by atoms with Gasteiger partial charge in [0.15, 0.2) is 0 Å². The molecule has 3 rings (SSSR count). The van der Waals surface area contributed by atoms with E-state index in [9.17, 15) is 13.2 Å². The zero-order valence-corrected chi connectivity index (χ0v) is 15.9. The Labute approximate surface area is 148 Å². The molecular weight excluding hydrogens is 346 g/mol. The Morgan fingerprint density at radius 3 is 2.42 bits per heavy atom. The van der Waals surface area contributed by atoms with Crippen molar-refractivity contribution in [2.24, 2.45) is 0 Å². The molecule has 1 amide bonds. The fourth-order valence-corrected chi connectivity index (χ4v) is 5.88. The predicted octanol–water partition coefficient (Wildman–Crippen LogP) is 2.26. The van der Waals surface area contributed by atoms with Crippen molar-refractivity contribution in [3.63, 3.8) is 0 Å². The Bertz CT molecular complexity index is 697. The lowest BCUT2D eigenvalue weighted by atomic mass is 9.91. The molecular formula is C16H25N3O3S2. The van der Waals surface area contributed by atoms with Crippen molar-refractivity contribution in [3.8, 4) is 0 Å². The Kier molecular flexibility index (Phi) is 5.27. The normalized spacial score (nSPS) is 23.1. The van der Waals surface area contributed by atoms with Gasteiger partial charge in [-0.2, -0.15) is 8.68 Å². The third kappa shape index (κ3) is 3.65. The molecule has 24 heavy (non-hydrogen) atoms. The summed E-state index contributed by atoms with van der Waals surface area (Å²) in [5, 5.41) is 1.80. The quantitative estimate of drug-likeness (QED) is 0.814. The van der Waals surface area contributed by atoms with Gasteiger partial charge in [0, 0.05) is 30.6 Å². The largest absolute Gasteiger partial charge is 0.339 e. The molecule has 2 heterocycles. The highest BCUT2D eigenvalue weighted by Gasteiger charge is 2.37. The van der Waals surface area contributed by atoms with Crippen molar-refractivity contribution in [1.82, 2.24) is 13.6 Å². The Morgan fingerprint density at radius 1 is 1.21 bits per heavy atom. The van der Waals surface area contributed by atoms with Crippen LogP contribution >= 0.6 is 11.5 Å². The van der Waals surface area contributed by atoms with E-state index in [1.54, 1.807) is 9.69 Å². The number of sulfonamides is 1. The minimum atomic E-state index is -3.21. The topological polar surface area (TPSA) is 70.6 Å². The molecule has 1 saturated heterocycles. The predicted molar refractivity (Wildman–Crippen MR) is 94.7 cm³/mol. The van der Waals surface area contributed by atoms with Crippen molar-refractivity contribution in [1.29, 1.82) is 0 Å². The van der Waals surface area contributed by atoms with Gasteiger partial charge in [-0.05, 0) is 50.6 Å². The monoisotopic (exact) mass is 371 g/mol. The number of likely N-dealkylation sites (tertiary alicyclic amines) is 1. The highest BCUT2D eigenvalue weighted by Crippen LogP contribution is 2.32. The van der Waals surface area contributed by atoms with Gasteiger partial charge in [-0.25, -0.2) is 8.42 Å². The van der Waals surface area contributed by atoms with Crippen molar-refractivity contribution < 1.29 is 13.2 Å². The van der Waals surface area contributed by atoms with Gasteiger partial charge in [-0.1, -0.05) is 6.42 Å². The van der Waals surface area contributed by atoms with Gasteiger partial charge in [0.25, 0.3) is 5.91 Å². The lowest BCUT2D eigenvalue weighted by Crippen LogP contribution is -2.50. The van der Waals surface area contributed by atoms with Crippen LogP contribution in [-0.2, 0) is 10.0 Å². The number of hydrogen-bond donors (Lipinski definition) is 0. The SMILES string of the molecule is Cc1nscc1C(=O)N1CCC[C@@H](N(C2CCC2)S(C)(=O)=O)CC1. The molecule has 0 radical (unpaired) electrons. The molecule has 0 bridgehead atoms. The molecule has 1 atom stereocenters. The fraction of sp³-hybridized carbons (Fsp3) is 0.750. The van der Waals surface area contributed by atoms with Crippen molar-refractivity contribution in [3.05, 3.63) is 16.6 Å². The number of hydrogen-bond acceptors (Lipinski definition) is 5. The van der Waals surface area contributed by atoms with E-state index in [2.05, 4.69) is 4.37 Å². The third-order valence-corrected chi connectivity index (χ3v) is 7.23. The number of aryl methyl sites for hydroxylation is 1. The van der Waals surface area contributed by atoms with Crippen LogP contribution in [0.1, 0.15) is 54.6 Å². The Balaban J connectivity index is 1.70. The molecule has 134 valence electrons. The maximum atomic E-state index is 12.7. The van der Waals surface area contributed by atoms with Crippen LogP contribution < -0.4 is 0 Å².